The van der Waals surface area contributed by atoms with Gasteiger partial charge >= 0.3 is 12.1 Å². The molecule has 1 unspecified atom stereocenters. The molecule has 0 radical (unpaired) electrons. The molecule has 45 heavy (non-hydrogen) atoms. The molecule has 1 fully saturated rings. The van der Waals surface area contributed by atoms with Gasteiger partial charge < -0.3 is 34.4 Å². The number of ether oxygens (including phenoxy) is 3. The third-order valence-electron chi connectivity index (χ3n) is 8.69. The topological polar surface area (TPSA) is 155 Å². The van der Waals surface area contributed by atoms with Crippen molar-refractivity contribution in [1.82, 2.24) is 20.0 Å². The second-order valence-corrected chi connectivity index (χ2v) is 13.5. The molecule has 4 amide bonds. The Kier molecular flexibility index (Phi) is 15.8. The minimum absolute atomic E-state index is 0.0139. The van der Waals surface area contributed by atoms with Crippen LogP contribution in [0.25, 0.3) is 0 Å². The largest absolute Gasteiger partial charge is 0.481 e. The first-order valence-corrected chi connectivity index (χ1v) is 15.9. The Labute approximate surface area is 269 Å². The van der Waals surface area contributed by atoms with Gasteiger partial charge in [-0.05, 0) is 52.4 Å². The number of carboxylic acid groups (broad SMARTS) is 1. The van der Waals surface area contributed by atoms with Crippen molar-refractivity contribution in [3.05, 3.63) is 0 Å². The summed E-state index contributed by atoms with van der Waals surface area (Å²) in [6.45, 7) is 14.5. The zero-order valence-corrected chi connectivity index (χ0v) is 29.4. The monoisotopic (exact) mass is 642 g/mol. The molecule has 1 rings (SSSR count). The van der Waals surface area contributed by atoms with Crippen molar-refractivity contribution in [2.45, 2.75) is 117 Å². The molecule has 13 heteroatoms. The van der Waals surface area contributed by atoms with Gasteiger partial charge in [0.25, 0.3) is 0 Å². The molecule has 2 N–H and O–H groups in total. The van der Waals surface area contributed by atoms with Crippen molar-refractivity contribution >= 4 is 29.8 Å². The average Bonchev–Trinajstić information content (AvgIpc) is 3.43. The molecular formula is C32H58N4O9. The summed E-state index contributed by atoms with van der Waals surface area (Å²) in [4.78, 5) is 69.1. The summed E-state index contributed by atoms with van der Waals surface area (Å²) in [5.41, 5.74) is -0.732. The van der Waals surface area contributed by atoms with E-state index in [-0.39, 0.29) is 42.7 Å². The van der Waals surface area contributed by atoms with Crippen LogP contribution in [0.1, 0.15) is 81.1 Å². The van der Waals surface area contributed by atoms with Gasteiger partial charge in [0.1, 0.15) is 11.6 Å². The molecule has 13 nitrogen and oxygen atoms in total. The number of likely N-dealkylation sites (tertiary alicyclic amines) is 1. The minimum atomic E-state index is -0.990. The SMILES string of the molecule is CC[C@H](C)[C@@H]([C@@H](CC(=O)N1CCC[C@H]1[C@H](OC)[C@@H](C)C(=O)O)OC)N(C)C(=O)CNC(=O)C(C(C)C)N(C)C(=O)OC(C)(C)C. The minimum Gasteiger partial charge on any atom is -0.481 e. The molecule has 7 atom stereocenters. The number of aliphatic carboxylic acids is 1. The summed E-state index contributed by atoms with van der Waals surface area (Å²) in [7, 11) is 6.08. The number of hydrogen-bond donors (Lipinski definition) is 2. The molecule has 1 aliphatic heterocycles. The maximum atomic E-state index is 13.6. The van der Waals surface area contributed by atoms with E-state index in [1.165, 1.54) is 31.1 Å². The van der Waals surface area contributed by atoms with Crippen molar-refractivity contribution in [2.75, 3.05) is 41.4 Å². The summed E-state index contributed by atoms with van der Waals surface area (Å²) in [5, 5.41) is 12.2. The second-order valence-electron chi connectivity index (χ2n) is 13.5. The van der Waals surface area contributed by atoms with E-state index in [9.17, 15) is 29.1 Å². The van der Waals surface area contributed by atoms with Gasteiger partial charge in [-0.3, -0.25) is 24.1 Å². The van der Waals surface area contributed by atoms with Crippen LogP contribution in [-0.2, 0) is 33.4 Å². The fourth-order valence-electron chi connectivity index (χ4n) is 6.08. The van der Waals surface area contributed by atoms with Gasteiger partial charge in [0.15, 0.2) is 0 Å². The first-order valence-electron chi connectivity index (χ1n) is 15.9. The molecule has 1 aliphatic rings. The van der Waals surface area contributed by atoms with Crippen LogP contribution in [0.3, 0.4) is 0 Å². The smallest absolute Gasteiger partial charge is 0.410 e. The van der Waals surface area contributed by atoms with Crippen LogP contribution in [-0.4, -0.2) is 127 Å². The lowest BCUT2D eigenvalue weighted by Gasteiger charge is -2.39. The highest BCUT2D eigenvalue weighted by Gasteiger charge is 2.42. The van der Waals surface area contributed by atoms with E-state index in [0.29, 0.717) is 19.4 Å². The summed E-state index contributed by atoms with van der Waals surface area (Å²) in [5.74, 6) is -3.15. The van der Waals surface area contributed by atoms with Crippen molar-refractivity contribution in [3.8, 4) is 0 Å². The fourth-order valence-corrected chi connectivity index (χ4v) is 6.08. The van der Waals surface area contributed by atoms with Gasteiger partial charge in [0.05, 0.1) is 43.2 Å². The zero-order valence-electron chi connectivity index (χ0n) is 29.4. The number of hydrogen-bond acceptors (Lipinski definition) is 8. The summed E-state index contributed by atoms with van der Waals surface area (Å²) < 4.78 is 16.8. The molecular weight excluding hydrogens is 584 g/mol. The van der Waals surface area contributed by atoms with E-state index < -0.39 is 53.8 Å². The van der Waals surface area contributed by atoms with Crippen LogP contribution >= 0.6 is 0 Å². The van der Waals surface area contributed by atoms with Crippen LogP contribution in [0.4, 0.5) is 4.79 Å². The predicted octanol–water partition coefficient (Wildman–Crippen LogP) is 3.00. The zero-order chi connectivity index (χ0) is 34.8. The highest BCUT2D eigenvalue weighted by molar-refractivity contribution is 5.89. The summed E-state index contributed by atoms with van der Waals surface area (Å²) in [6, 6.07) is -1.73. The number of rotatable bonds is 16. The van der Waals surface area contributed by atoms with Gasteiger partial charge in [-0.15, -0.1) is 0 Å². The van der Waals surface area contributed by atoms with E-state index in [1.807, 2.05) is 13.8 Å². The van der Waals surface area contributed by atoms with Gasteiger partial charge in [0.2, 0.25) is 17.7 Å². The van der Waals surface area contributed by atoms with Crippen molar-refractivity contribution < 1.29 is 43.3 Å². The third kappa shape index (κ3) is 11.1. The lowest BCUT2D eigenvalue weighted by Crippen LogP contribution is -2.56. The average molecular weight is 643 g/mol. The molecule has 1 saturated heterocycles. The third-order valence-corrected chi connectivity index (χ3v) is 8.69. The molecule has 0 aromatic rings. The van der Waals surface area contributed by atoms with Crippen LogP contribution in [0, 0.1) is 17.8 Å². The molecule has 0 saturated carbocycles. The first kappa shape index (κ1) is 40.1. The van der Waals surface area contributed by atoms with Gasteiger partial charge in [-0.1, -0.05) is 34.1 Å². The Morgan fingerprint density at radius 1 is 1.00 bits per heavy atom. The lowest BCUT2D eigenvalue weighted by molar-refractivity contribution is -0.151. The van der Waals surface area contributed by atoms with Gasteiger partial charge in [-0.25, -0.2) is 4.79 Å². The molecule has 0 spiro atoms. The molecule has 1 heterocycles. The second kappa shape index (κ2) is 17.7. The van der Waals surface area contributed by atoms with Crippen molar-refractivity contribution in [2.24, 2.45) is 17.8 Å². The first-order chi connectivity index (χ1) is 20.8. The molecule has 0 aromatic heterocycles. The summed E-state index contributed by atoms with van der Waals surface area (Å²) in [6.07, 6.45) is 0.0990. The molecule has 0 bridgehead atoms. The van der Waals surface area contributed by atoms with E-state index in [2.05, 4.69) is 5.32 Å². The Hall–Kier alpha value is -2.93. The van der Waals surface area contributed by atoms with Crippen LogP contribution in [0.15, 0.2) is 0 Å². The number of amides is 4. The molecule has 0 aromatic carbocycles. The van der Waals surface area contributed by atoms with Crippen molar-refractivity contribution in [3.63, 3.8) is 0 Å². The Morgan fingerprint density at radius 2 is 1.60 bits per heavy atom. The van der Waals surface area contributed by atoms with Gasteiger partial charge in [-0.2, -0.15) is 0 Å². The van der Waals surface area contributed by atoms with E-state index in [1.54, 1.807) is 53.5 Å². The maximum Gasteiger partial charge on any atom is 0.410 e. The number of likely N-dealkylation sites (N-methyl/N-ethyl adjacent to an activating group) is 2. The normalized spacial score (nSPS) is 19.2. The number of carbonyl (C=O) groups excluding carboxylic acids is 4. The van der Waals surface area contributed by atoms with Crippen molar-refractivity contribution in [1.29, 1.82) is 0 Å². The van der Waals surface area contributed by atoms with Gasteiger partial charge in [0, 0.05) is 34.9 Å². The Bertz CT molecular complexity index is 1020. The number of carboxylic acids is 1. The fraction of sp³-hybridized carbons (Fsp3) is 0.844. The van der Waals surface area contributed by atoms with Crippen LogP contribution < -0.4 is 5.32 Å². The molecule has 260 valence electrons. The summed E-state index contributed by atoms with van der Waals surface area (Å²) >= 11 is 0. The Balaban J connectivity index is 3.08. The standard InChI is InChI=1S/C32H58N4O9/c1-13-20(4)27(23(43-11)17-24(37)36-16-14-15-22(36)28(44-12)21(5)30(40)41)34(9)25(38)18-33-29(39)26(19(2)3)35(10)31(42)45-32(6,7)8/h19-23,26-28H,13-18H2,1-12H3,(H,33,39)(H,40,41)/t20-,21+,22-,23+,26?,27-,28+/m0/s1. The number of nitrogens with zero attached hydrogens (tertiary/aromatic N) is 3. The number of nitrogens with one attached hydrogen (secondary N) is 1. The highest BCUT2D eigenvalue weighted by atomic mass is 16.6. The lowest BCUT2D eigenvalue weighted by atomic mass is 9.90. The maximum absolute atomic E-state index is 13.6. The van der Waals surface area contributed by atoms with Crippen LogP contribution in [0.5, 0.6) is 0 Å². The van der Waals surface area contributed by atoms with E-state index >= 15 is 0 Å². The Morgan fingerprint density at radius 3 is 2.07 bits per heavy atom. The number of carbonyl (C=O) groups is 5. The van der Waals surface area contributed by atoms with E-state index in [0.717, 1.165) is 6.42 Å². The number of methoxy groups -OCH3 is 2. The quantitative estimate of drug-likeness (QED) is 0.259. The van der Waals surface area contributed by atoms with Crippen LogP contribution in [0.2, 0.25) is 0 Å². The highest BCUT2D eigenvalue weighted by Crippen LogP contribution is 2.29. The molecule has 0 aliphatic carbocycles. The van der Waals surface area contributed by atoms with E-state index in [4.69, 9.17) is 14.2 Å². The predicted molar refractivity (Wildman–Crippen MR) is 169 cm³/mol.